The van der Waals surface area contributed by atoms with E-state index >= 15 is 0 Å². The molecular weight excluding hydrogens is 382 g/mol. The van der Waals surface area contributed by atoms with Crippen LogP contribution in [-0.4, -0.2) is 38.8 Å². The maximum atomic E-state index is 13.2. The fourth-order valence-corrected chi connectivity index (χ4v) is 5.34. The van der Waals surface area contributed by atoms with Gasteiger partial charge in [-0.15, -0.1) is 10.2 Å². The first-order chi connectivity index (χ1) is 14.2. The maximum absolute atomic E-state index is 13.2. The van der Waals surface area contributed by atoms with E-state index in [9.17, 15) is 4.79 Å². The van der Waals surface area contributed by atoms with Crippen LogP contribution >= 0.6 is 11.8 Å². The van der Waals surface area contributed by atoms with Gasteiger partial charge in [0, 0.05) is 17.6 Å². The van der Waals surface area contributed by atoms with Gasteiger partial charge in [0.2, 0.25) is 11.8 Å². The first-order valence-corrected chi connectivity index (χ1v) is 12.0. The lowest BCUT2D eigenvalue weighted by Gasteiger charge is -2.41. The van der Waals surface area contributed by atoms with Crippen molar-refractivity contribution in [3.63, 3.8) is 0 Å². The Bertz CT molecular complexity index is 775. The Morgan fingerprint density at radius 1 is 0.966 bits per heavy atom. The quantitative estimate of drug-likeness (QED) is 0.574. The van der Waals surface area contributed by atoms with Crippen LogP contribution in [0.15, 0.2) is 33.9 Å². The monoisotopic (exact) mass is 413 g/mol. The van der Waals surface area contributed by atoms with Crippen molar-refractivity contribution < 1.29 is 9.21 Å². The second-order valence-corrected chi connectivity index (χ2v) is 9.34. The van der Waals surface area contributed by atoms with Gasteiger partial charge in [0.05, 0.1) is 5.75 Å². The molecule has 1 aromatic carbocycles. The highest BCUT2D eigenvalue weighted by Crippen LogP contribution is 2.31. The van der Waals surface area contributed by atoms with E-state index in [0.717, 1.165) is 31.2 Å². The molecular formula is C23H31N3O2S. The van der Waals surface area contributed by atoms with Crippen molar-refractivity contribution in [1.29, 1.82) is 0 Å². The van der Waals surface area contributed by atoms with Crippen LogP contribution in [0.5, 0.6) is 0 Å². The topological polar surface area (TPSA) is 59.2 Å². The molecule has 1 aromatic heterocycles. The fourth-order valence-electron chi connectivity index (χ4n) is 4.70. The minimum absolute atomic E-state index is 0.240. The van der Waals surface area contributed by atoms with Gasteiger partial charge in [0.1, 0.15) is 0 Å². The number of nitrogens with zero attached hydrogens (tertiary/aromatic N) is 3. The number of aryl methyl sites for hydroxylation is 1. The van der Waals surface area contributed by atoms with Crippen LogP contribution in [0.2, 0.25) is 0 Å². The first-order valence-electron chi connectivity index (χ1n) is 11.1. The molecule has 2 aliphatic carbocycles. The van der Waals surface area contributed by atoms with Crippen molar-refractivity contribution >= 4 is 17.7 Å². The SMILES string of the molecule is Cc1ccc(-c2nnc(SCC(=O)N(C3CCCCC3)C3CCCCC3)o2)cc1. The van der Waals surface area contributed by atoms with Gasteiger partial charge in [-0.25, -0.2) is 0 Å². The van der Waals surface area contributed by atoms with E-state index in [1.807, 2.05) is 24.3 Å². The van der Waals surface area contributed by atoms with E-state index in [0.29, 0.717) is 29.0 Å². The lowest BCUT2D eigenvalue weighted by atomic mass is 9.88. The summed E-state index contributed by atoms with van der Waals surface area (Å²) in [7, 11) is 0. The van der Waals surface area contributed by atoms with Crippen molar-refractivity contribution in [2.24, 2.45) is 0 Å². The zero-order valence-corrected chi connectivity index (χ0v) is 18.1. The Balaban J connectivity index is 1.40. The summed E-state index contributed by atoms with van der Waals surface area (Å²) in [6.45, 7) is 2.05. The maximum Gasteiger partial charge on any atom is 0.277 e. The molecule has 156 valence electrons. The Hall–Kier alpha value is -1.82. The Morgan fingerprint density at radius 2 is 1.55 bits per heavy atom. The van der Waals surface area contributed by atoms with E-state index in [2.05, 4.69) is 22.0 Å². The zero-order chi connectivity index (χ0) is 20.1. The predicted octanol–water partition coefficient (Wildman–Crippen LogP) is 5.63. The highest BCUT2D eigenvalue weighted by molar-refractivity contribution is 7.99. The second-order valence-electron chi connectivity index (χ2n) is 8.41. The molecule has 0 aliphatic heterocycles. The average molecular weight is 414 g/mol. The third kappa shape index (κ3) is 5.21. The number of carbonyl (C=O) groups is 1. The fraction of sp³-hybridized carbons (Fsp3) is 0.609. The summed E-state index contributed by atoms with van der Waals surface area (Å²) in [6.07, 6.45) is 12.2. The van der Waals surface area contributed by atoms with Gasteiger partial charge >= 0.3 is 0 Å². The molecule has 0 spiro atoms. The molecule has 0 unspecified atom stereocenters. The Kier molecular flexibility index (Phi) is 6.90. The third-order valence-electron chi connectivity index (χ3n) is 6.25. The molecule has 4 rings (SSSR count). The van der Waals surface area contributed by atoms with E-state index in [4.69, 9.17) is 4.42 Å². The summed E-state index contributed by atoms with van der Waals surface area (Å²) in [4.78, 5) is 15.5. The van der Waals surface area contributed by atoms with Crippen LogP contribution in [-0.2, 0) is 4.79 Å². The summed E-state index contributed by atoms with van der Waals surface area (Å²) >= 11 is 1.37. The van der Waals surface area contributed by atoms with Gasteiger partial charge < -0.3 is 9.32 Å². The number of carbonyl (C=O) groups excluding carboxylic acids is 1. The van der Waals surface area contributed by atoms with Crippen LogP contribution in [0.1, 0.15) is 69.8 Å². The van der Waals surface area contributed by atoms with Crippen molar-refractivity contribution in [2.75, 3.05) is 5.75 Å². The molecule has 5 nitrogen and oxygen atoms in total. The third-order valence-corrected chi connectivity index (χ3v) is 7.05. The van der Waals surface area contributed by atoms with Crippen molar-refractivity contribution in [3.8, 4) is 11.5 Å². The molecule has 6 heteroatoms. The smallest absolute Gasteiger partial charge is 0.277 e. The van der Waals surface area contributed by atoms with Gasteiger partial charge in [-0.2, -0.15) is 0 Å². The van der Waals surface area contributed by atoms with Crippen molar-refractivity contribution in [2.45, 2.75) is 88.4 Å². The van der Waals surface area contributed by atoms with E-state index < -0.39 is 0 Å². The molecule has 0 radical (unpaired) electrons. The summed E-state index contributed by atoms with van der Waals surface area (Å²) in [5.41, 5.74) is 2.10. The molecule has 0 atom stereocenters. The summed E-state index contributed by atoms with van der Waals surface area (Å²) < 4.78 is 5.80. The van der Waals surface area contributed by atoms with Gasteiger partial charge in [0.15, 0.2) is 0 Å². The average Bonchev–Trinajstić information content (AvgIpc) is 3.24. The van der Waals surface area contributed by atoms with Crippen molar-refractivity contribution in [1.82, 2.24) is 15.1 Å². The normalized spacial score (nSPS) is 18.7. The van der Waals surface area contributed by atoms with Gasteiger partial charge in [0.25, 0.3) is 5.22 Å². The van der Waals surface area contributed by atoms with Gasteiger partial charge in [-0.1, -0.05) is 68.0 Å². The highest BCUT2D eigenvalue weighted by atomic mass is 32.2. The molecule has 1 amide bonds. The number of amides is 1. The molecule has 0 N–H and O–H groups in total. The number of hydrogen-bond donors (Lipinski definition) is 0. The standard InChI is InChI=1S/C23H31N3O2S/c1-17-12-14-18(15-13-17)22-24-25-23(28-22)29-16-21(27)26(19-8-4-2-5-9-19)20-10-6-3-7-11-20/h12-15,19-20H,2-11,16H2,1H3. The number of rotatable bonds is 6. The number of aromatic nitrogens is 2. The number of benzene rings is 1. The Labute approximate surface area is 177 Å². The van der Waals surface area contributed by atoms with E-state index in [1.54, 1.807) is 0 Å². The highest BCUT2D eigenvalue weighted by Gasteiger charge is 2.32. The van der Waals surface area contributed by atoms with Crippen LogP contribution < -0.4 is 0 Å². The molecule has 2 saturated carbocycles. The zero-order valence-electron chi connectivity index (χ0n) is 17.3. The summed E-state index contributed by atoms with van der Waals surface area (Å²) in [6, 6.07) is 8.87. The molecule has 0 saturated heterocycles. The lowest BCUT2D eigenvalue weighted by Crippen LogP contribution is -2.49. The largest absolute Gasteiger partial charge is 0.411 e. The molecule has 1 heterocycles. The van der Waals surface area contributed by atoms with Crippen LogP contribution in [0, 0.1) is 6.92 Å². The number of hydrogen-bond acceptors (Lipinski definition) is 5. The van der Waals surface area contributed by atoms with Crippen LogP contribution in [0.3, 0.4) is 0 Å². The first kappa shape index (κ1) is 20.5. The van der Waals surface area contributed by atoms with E-state index in [-0.39, 0.29) is 5.91 Å². The van der Waals surface area contributed by atoms with Crippen LogP contribution in [0.25, 0.3) is 11.5 Å². The Morgan fingerprint density at radius 3 is 2.14 bits per heavy atom. The van der Waals surface area contributed by atoms with Crippen molar-refractivity contribution in [3.05, 3.63) is 29.8 Å². The van der Waals surface area contributed by atoms with Crippen LogP contribution in [0.4, 0.5) is 0 Å². The lowest BCUT2D eigenvalue weighted by molar-refractivity contribution is -0.135. The second kappa shape index (κ2) is 9.79. The molecule has 29 heavy (non-hydrogen) atoms. The molecule has 2 aliphatic rings. The molecule has 0 bridgehead atoms. The minimum Gasteiger partial charge on any atom is -0.411 e. The summed E-state index contributed by atoms with van der Waals surface area (Å²) in [5.74, 6) is 1.13. The summed E-state index contributed by atoms with van der Waals surface area (Å²) in [5, 5.41) is 8.78. The predicted molar refractivity (Wildman–Crippen MR) is 116 cm³/mol. The van der Waals surface area contributed by atoms with Gasteiger partial charge in [-0.05, 0) is 44.7 Å². The van der Waals surface area contributed by atoms with Gasteiger partial charge in [-0.3, -0.25) is 4.79 Å². The van der Waals surface area contributed by atoms with E-state index in [1.165, 1.54) is 55.9 Å². The minimum atomic E-state index is 0.240. The molecule has 2 aromatic rings. The number of thioether (sulfide) groups is 1. The molecule has 2 fully saturated rings.